The maximum atomic E-state index is 8.89. The van der Waals surface area contributed by atoms with Crippen molar-refractivity contribution in [2.75, 3.05) is 6.16 Å². The third kappa shape index (κ3) is 7.57. The first-order valence-corrected chi connectivity index (χ1v) is 13.4. The fourth-order valence-corrected chi connectivity index (χ4v) is 11.5. The van der Waals surface area contributed by atoms with Crippen molar-refractivity contribution < 1.29 is 40.2 Å². The number of hydrogen-bond donors (Lipinski definition) is 0. The number of hydrogen-bond acceptors (Lipinski definition) is 4. The molecule has 30 heavy (non-hydrogen) atoms. The van der Waals surface area contributed by atoms with E-state index in [1.54, 1.807) is 83.2 Å². The first kappa shape index (κ1) is 28.1. The number of carboxylic acids is 2. The molecule has 176 valence electrons. The molecule has 0 atom stereocenters. The Balaban J connectivity index is 0.000000435. The Morgan fingerprint density at radius 1 is 0.767 bits per heavy atom. The predicted molar refractivity (Wildman–Crippen MR) is 116 cm³/mol. The predicted octanol–water partition coefficient (Wildman–Crippen LogP) is 4.22. The molecule has 0 aromatic rings. The van der Waals surface area contributed by atoms with Crippen LogP contribution < -0.4 is 10.2 Å². The molecule has 6 aliphatic carbocycles. The molecule has 0 N–H and O–H groups in total. The van der Waals surface area contributed by atoms with Crippen LogP contribution in [-0.2, 0) is 30.0 Å². The van der Waals surface area contributed by atoms with Crippen molar-refractivity contribution in [3.05, 3.63) is 0 Å². The topological polar surface area (TPSA) is 80.3 Å². The Hall–Kier alpha value is 0.0323. The third-order valence-electron chi connectivity index (χ3n) is 7.99. The standard InChI is InChI=1S/C20H35P.2C2H4O2.Pd/c1-2-3-16-21(19-10-4-17(5-11-19)6-12-19)20-13-7-18(8-14-20)9-15-20;2*1-2(3)4;/h17-18H,2-16H2,1H3;2*1H3,(H,3,4);/q;;;+2/p-2. The molecule has 0 heterocycles. The number of unbranched alkanes of at least 4 members (excludes halogenated alkanes) is 1. The van der Waals surface area contributed by atoms with E-state index < -0.39 is 11.9 Å². The van der Waals surface area contributed by atoms with E-state index in [4.69, 9.17) is 19.8 Å². The van der Waals surface area contributed by atoms with E-state index >= 15 is 0 Å². The molecule has 6 fully saturated rings. The van der Waals surface area contributed by atoms with Crippen LogP contribution in [0.3, 0.4) is 0 Å². The van der Waals surface area contributed by atoms with Gasteiger partial charge in [-0.25, -0.2) is 0 Å². The second-order valence-electron chi connectivity index (χ2n) is 9.90. The van der Waals surface area contributed by atoms with Gasteiger partial charge in [0.15, 0.2) is 0 Å². The van der Waals surface area contributed by atoms with Gasteiger partial charge in [0, 0.05) is 11.9 Å². The summed E-state index contributed by atoms with van der Waals surface area (Å²) < 4.78 is 0. The van der Waals surface area contributed by atoms with Crippen molar-refractivity contribution >= 4 is 19.9 Å². The number of fused-ring (bicyclic) bond motifs is 6. The Kier molecular flexibility index (Phi) is 12.1. The fraction of sp³-hybridized carbons (Fsp3) is 0.917. The van der Waals surface area contributed by atoms with Crippen LogP contribution in [0.15, 0.2) is 0 Å². The van der Waals surface area contributed by atoms with Crippen molar-refractivity contribution in [1.82, 2.24) is 0 Å². The second kappa shape index (κ2) is 12.9. The summed E-state index contributed by atoms with van der Waals surface area (Å²) in [6, 6.07) is 0. The van der Waals surface area contributed by atoms with Gasteiger partial charge in [0.2, 0.25) is 0 Å². The van der Waals surface area contributed by atoms with E-state index in [9.17, 15) is 0 Å². The minimum atomic E-state index is -1.08. The summed E-state index contributed by atoms with van der Waals surface area (Å²) >= 11 is 0. The zero-order valence-electron chi connectivity index (χ0n) is 19.2. The van der Waals surface area contributed by atoms with E-state index in [1.807, 2.05) is 0 Å². The van der Waals surface area contributed by atoms with Crippen LogP contribution in [0.5, 0.6) is 0 Å². The van der Waals surface area contributed by atoms with Gasteiger partial charge >= 0.3 is 20.4 Å². The van der Waals surface area contributed by atoms with Crippen LogP contribution in [0.1, 0.15) is 111 Å². The van der Waals surface area contributed by atoms with Crippen molar-refractivity contribution in [3.63, 3.8) is 0 Å². The molecule has 0 radical (unpaired) electrons. The molecule has 6 heteroatoms. The van der Waals surface area contributed by atoms with Gasteiger partial charge in [0.1, 0.15) is 0 Å². The van der Waals surface area contributed by atoms with Gasteiger partial charge in [0.05, 0.1) is 0 Å². The number of aliphatic carboxylic acids is 2. The van der Waals surface area contributed by atoms with Crippen LogP contribution in [0.4, 0.5) is 0 Å². The average molecular weight is 531 g/mol. The van der Waals surface area contributed by atoms with Crippen LogP contribution in [0, 0.1) is 11.8 Å². The molecule has 6 saturated carbocycles. The quantitative estimate of drug-likeness (QED) is 0.394. The van der Waals surface area contributed by atoms with E-state index in [0.717, 1.165) is 36.0 Å². The first-order valence-electron chi connectivity index (χ1n) is 11.9. The molecule has 6 rings (SSSR count). The van der Waals surface area contributed by atoms with Crippen molar-refractivity contribution in [3.8, 4) is 0 Å². The zero-order valence-corrected chi connectivity index (χ0v) is 21.6. The minimum absolute atomic E-state index is 0. The maximum Gasteiger partial charge on any atom is 2.00 e. The Labute approximate surface area is 198 Å². The van der Waals surface area contributed by atoms with E-state index in [2.05, 4.69) is 6.92 Å². The molecule has 0 saturated heterocycles. The monoisotopic (exact) mass is 530 g/mol. The molecule has 0 aromatic carbocycles. The Bertz CT molecular complexity index is 458. The number of carbonyl (C=O) groups excluding carboxylic acids is 2. The molecule has 0 aromatic heterocycles. The van der Waals surface area contributed by atoms with Crippen LogP contribution in [0.25, 0.3) is 0 Å². The third-order valence-corrected chi connectivity index (χ3v) is 12.4. The molecule has 0 unspecified atom stereocenters. The summed E-state index contributed by atoms with van der Waals surface area (Å²) in [6.45, 7) is 4.36. The molecule has 0 spiro atoms. The van der Waals surface area contributed by atoms with Gasteiger partial charge in [0.25, 0.3) is 0 Å². The van der Waals surface area contributed by atoms with Crippen molar-refractivity contribution in [1.29, 1.82) is 0 Å². The summed E-state index contributed by atoms with van der Waals surface area (Å²) in [6.07, 6.45) is 24.0. The summed E-state index contributed by atoms with van der Waals surface area (Å²) in [5.41, 5.74) is 0. The van der Waals surface area contributed by atoms with Gasteiger partial charge in [-0.1, -0.05) is 21.3 Å². The second-order valence-corrected chi connectivity index (χ2v) is 13.1. The first-order chi connectivity index (χ1) is 13.7. The van der Waals surface area contributed by atoms with E-state index in [0.29, 0.717) is 7.92 Å². The number of rotatable bonds is 5. The van der Waals surface area contributed by atoms with Crippen molar-refractivity contribution in [2.45, 2.75) is 121 Å². The minimum Gasteiger partial charge on any atom is -0.550 e. The molecule has 4 nitrogen and oxygen atoms in total. The van der Waals surface area contributed by atoms with Crippen LogP contribution >= 0.6 is 7.92 Å². The molecule has 0 aliphatic heterocycles. The molecule has 4 bridgehead atoms. The summed E-state index contributed by atoms with van der Waals surface area (Å²) in [4.78, 5) is 17.8. The summed E-state index contributed by atoms with van der Waals surface area (Å²) in [5, 5.41) is 19.5. The zero-order chi connectivity index (χ0) is 21.5. The van der Waals surface area contributed by atoms with E-state index in [-0.39, 0.29) is 20.4 Å². The van der Waals surface area contributed by atoms with Gasteiger partial charge < -0.3 is 19.8 Å². The molecular weight excluding hydrogens is 490 g/mol. The molecular formula is C24H41O4PPd. The molecule has 0 amide bonds. The smallest absolute Gasteiger partial charge is 0.550 e. The van der Waals surface area contributed by atoms with Gasteiger partial charge in [-0.05, 0) is 126 Å². The van der Waals surface area contributed by atoms with Gasteiger partial charge in [-0.2, -0.15) is 0 Å². The largest absolute Gasteiger partial charge is 2.00 e. The average Bonchev–Trinajstić information content (AvgIpc) is 2.70. The molecule has 6 aliphatic rings. The Morgan fingerprint density at radius 3 is 1.27 bits per heavy atom. The Morgan fingerprint density at radius 2 is 1.03 bits per heavy atom. The SMILES string of the molecule is CC(=O)[O-].CC(=O)[O-].CCCCP(C12CCC(CC1)CC2)C12CCC(CC1)CC2.[Pd+2]. The summed E-state index contributed by atoms with van der Waals surface area (Å²) in [7, 11) is 0.304. The van der Waals surface area contributed by atoms with Gasteiger partial charge in [-0.3, -0.25) is 0 Å². The van der Waals surface area contributed by atoms with Crippen LogP contribution in [0.2, 0.25) is 0 Å². The van der Waals surface area contributed by atoms with Crippen LogP contribution in [-0.4, -0.2) is 28.4 Å². The number of carbonyl (C=O) groups is 2. The van der Waals surface area contributed by atoms with Gasteiger partial charge in [-0.15, -0.1) is 0 Å². The maximum absolute atomic E-state index is 8.89. The fourth-order valence-electron chi connectivity index (χ4n) is 6.56. The normalized spacial score (nSPS) is 34.4. The van der Waals surface area contributed by atoms with E-state index in [1.165, 1.54) is 12.8 Å². The summed E-state index contributed by atoms with van der Waals surface area (Å²) in [5.74, 6) is 0.101. The van der Waals surface area contributed by atoms with Crippen molar-refractivity contribution in [2.24, 2.45) is 11.8 Å². The number of carboxylic acid groups (broad SMARTS) is 2.